The highest BCUT2D eigenvalue weighted by Gasteiger charge is 2.19. The van der Waals surface area contributed by atoms with Crippen LogP contribution in [0.3, 0.4) is 0 Å². The molecular weight excluding hydrogens is 415 g/mol. The lowest BCUT2D eigenvalue weighted by Gasteiger charge is -2.04. The second-order valence-electron chi connectivity index (χ2n) is 5.33. The monoisotopic (exact) mass is 426 g/mol. The number of anilines is 1. The molecule has 0 saturated heterocycles. The first-order chi connectivity index (χ1) is 11.8. The van der Waals surface area contributed by atoms with Crippen molar-refractivity contribution >= 4 is 39.4 Å². The predicted molar refractivity (Wildman–Crippen MR) is 94.1 cm³/mol. The van der Waals surface area contributed by atoms with Gasteiger partial charge in [0.1, 0.15) is 12.1 Å². The average molecular weight is 428 g/mol. The highest BCUT2D eigenvalue weighted by atomic mass is 79.9. The van der Waals surface area contributed by atoms with Crippen molar-refractivity contribution < 1.29 is 9.18 Å². The first kappa shape index (κ1) is 17.6. The molecule has 7 nitrogen and oxygen atoms in total. The van der Waals surface area contributed by atoms with Gasteiger partial charge in [-0.15, -0.1) is 5.10 Å². The van der Waals surface area contributed by atoms with Crippen LogP contribution in [0.4, 0.5) is 10.3 Å². The minimum atomic E-state index is -0.423. The van der Waals surface area contributed by atoms with Crippen molar-refractivity contribution in [3.05, 3.63) is 56.8 Å². The van der Waals surface area contributed by atoms with Gasteiger partial charge < -0.3 is 0 Å². The number of carbonyl (C=O) groups excluding carboxylic acids is 1. The van der Waals surface area contributed by atoms with E-state index < -0.39 is 11.7 Å². The Balaban J connectivity index is 1.73. The maximum absolute atomic E-state index is 13.1. The lowest BCUT2D eigenvalue weighted by Crippen LogP contribution is -2.15. The second-order valence-corrected chi connectivity index (χ2v) is 6.53. The van der Waals surface area contributed by atoms with Crippen LogP contribution in [0.1, 0.15) is 21.7 Å². The number of nitrogens with one attached hydrogen (secondary N) is 1. The van der Waals surface area contributed by atoms with Crippen LogP contribution in [0, 0.1) is 12.7 Å². The number of carbonyl (C=O) groups is 1. The molecule has 0 saturated carbocycles. The van der Waals surface area contributed by atoms with Crippen LogP contribution in [-0.2, 0) is 13.6 Å². The Labute approximate surface area is 155 Å². The van der Waals surface area contributed by atoms with Gasteiger partial charge in [0, 0.05) is 12.1 Å². The molecule has 2 aromatic heterocycles. The van der Waals surface area contributed by atoms with E-state index in [1.165, 1.54) is 23.1 Å². The third-order valence-corrected chi connectivity index (χ3v) is 4.89. The summed E-state index contributed by atoms with van der Waals surface area (Å²) in [5, 5.41) is 11.2. The summed E-state index contributed by atoms with van der Waals surface area (Å²) in [6.07, 6.45) is 1.45. The molecule has 0 atom stereocenters. The lowest BCUT2D eigenvalue weighted by atomic mass is 10.2. The highest BCUT2D eigenvalue weighted by molar-refractivity contribution is 9.10. The third kappa shape index (κ3) is 3.72. The number of hydrogen-bond donors (Lipinski definition) is 1. The largest absolute Gasteiger partial charge is 0.288 e. The molecule has 0 radical (unpaired) electrons. The molecule has 0 unspecified atom stereocenters. The molecule has 1 aromatic carbocycles. The highest BCUT2D eigenvalue weighted by Crippen LogP contribution is 2.21. The molecule has 3 aromatic rings. The zero-order valence-electron chi connectivity index (χ0n) is 13.3. The minimum Gasteiger partial charge on any atom is -0.288 e. The van der Waals surface area contributed by atoms with Gasteiger partial charge in [-0.2, -0.15) is 5.10 Å². The molecule has 0 aliphatic heterocycles. The number of nitrogens with zero attached hydrogens (tertiary/aromatic N) is 5. The Kier molecular flexibility index (Phi) is 4.87. The van der Waals surface area contributed by atoms with Crippen molar-refractivity contribution in [2.75, 3.05) is 5.32 Å². The third-order valence-electron chi connectivity index (χ3n) is 3.59. The number of aromatic nitrogens is 5. The van der Waals surface area contributed by atoms with Crippen LogP contribution < -0.4 is 5.32 Å². The summed E-state index contributed by atoms with van der Waals surface area (Å²) in [4.78, 5) is 16.3. The van der Waals surface area contributed by atoms with Crippen LogP contribution >= 0.6 is 27.5 Å². The van der Waals surface area contributed by atoms with E-state index in [0.29, 0.717) is 21.6 Å². The molecule has 3 rings (SSSR count). The zero-order valence-corrected chi connectivity index (χ0v) is 15.6. The van der Waals surface area contributed by atoms with Gasteiger partial charge >= 0.3 is 0 Å². The standard InChI is InChI=1S/C15H13BrClFN6O/c1-8-12(16)13(21-23(8)2)14(25)20-15-19-7-24(22-15)6-9-3-4-10(18)5-11(9)17/h3-5,7H,6H2,1-2H3,(H,20,22,25). The molecule has 0 aliphatic carbocycles. The SMILES string of the molecule is Cc1c(Br)c(C(=O)Nc2ncn(Cc3ccc(F)cc3Cl)n2)nn1C. The van der Waals surface area contributed by atoms with E-state index in [9.17, 15) is 9.18 Å². The van der Waals surface area contributed by atoms with Crippen molar-refractivity contribution in [3.63, 3.8) is 0 Å². The summed E-state index contributed by atoms with van der Waals surface area (Å²) in [7, 11) is 1.75. The molecule has 0 fully saturated rings. The second kappa shape index (κ2) is 6.93. The van der Waals surface area contributed by atoms with Crippen molar-refractivity contribution in [1.82, 2.24) is 24.5 Å². The van der Waals surface area contributed by atoms with Gasteiger partial charge in [0.15, 0.2) is 5.69 Å². The molecule has 0 bridgehead atoms. The first-order valence-corrected chi connectivity index (χ1v) is 8.36. The number of halogens is 3. The summed E-state index contributed by atoms with van der Waals surface area (Å²) in [6, 6.07) is 4.13. The Morgan fingerprint density at radius 2 is 2.16 bits per heavy atom. The Bertz CT molecular complexity index is 954. The number of benzene rings is 1. The molecule has 0 spiro atoms. The summed E-state index contributed by atoms with van der Waals surface area (Å²) in [6.45, 7) is 2.14. The molecule has 130 valence electrons. The van der Waals surface area contributed by atoms with Crippen LogP contribution in [0.15, 0.2) is 29.0 Å². The van der Waals surface area contributed by atoms with Gasteiger partial charge in [0.25, 0.3) is 5.91 Å². The van der Waals surface area contributed by atoms with Gasteiger partial charge in [-0.3, -0.25) is 14.8 Å². The van der Waals surface area contributed by atoms with Gasteiger partial charge in [0.2, 0.25) is 5.95 Å². The van der Waals surface area contributed by atoms with E-state index in [2.05, 4.69) is 36.4 Å². The van der Waals surface area contributed by atoms with Crippen LogP contribution in [0.2, 0.25) is 5.02 Å². The zero-order chi connectivity index (χ0) is 18.1. The van der Waals surface area contributed by atoms with Crippen LogP contribution in [0.25, 0.3) is 0 Å². The van der Waals surface area contributed by atoms with Crippen molar-refractivity contribution in [2.45, 2.75) is 13.5 Å². The summed E-state index contributed by atoms with van der Waals surface area (Å²) in [5.74, 6) is -0.692. The number of aryl methyl sites for hydroxylation is 1. The van der Waals surface area contributed by atoms with E-state index in [4.69, 9.17) is 11.6 Å². The lowest BCUT2D eigenvalue weighted by molar-refractivity contribution is 0.102. The van der Waals surface area contributed by atoms with Crippen LogP contribution in [-0.4, -0.2) is 30.5 Å². The number of rotatable bonds is 4. The summed E-state index contributed by atoms with van der Waals surface area (Å²) >= 11 is 9.34. The summed E-state index contributed by atoms with van der Waals surface area (Å²) < 4.78 is 16.8. The number of hydrogen-bond acceptors (Lipinski definition) is 4. The van der Waals surface area contributed by atoms with Gasteiger partial charge in [-0.25, -0.2) is 14.1 Å². The van der Waals surface area contributed by atoms with E-state index in [1.807, 2.05) is 6.92 Å². The van der Waals surface area contributed by atoms with Gasteiger partial charge in [-0.1, -0.05) is 17.7 Å². The molecule has 10 heteroatoms. The molecule has 1 N–H and O–H groups in total. The maximum Gasteiger partial charge on any atom is 0.279 e. The van der Waals surface area contributed by atoms with Crippen molar-refractivity contribution in [1.29, 1.82) is 0 Å². The smallest absolute Gasteiger partial charge is 0.279 e. The quantitative estimate of drug-likeness (QED) is 0.694. The Morgan fingerprint density at radius 3 is 2.80 bits per heavy atom. The van der Waals surface area contributed by atoms with E-state index >= 15 is 0 Å². The molecule has 0 aliphatic rings. The molecule has 1 amide bonds. The van der Waals surface area contributed by atoms with Crippen LogP contribution in [0.5, 0.6) is 0 Å². The van der Waals surface area contributed by atoms with E-state index in [1.54, 1.807) is 17.8 Å². The molecular formula is C15H13BrClFN6O. The average Bonchev–Trinajstić information content (AvgIpc) is 3.10. The fourth-order valence-corrected chi connectivity index (χ4v) is 2.88. The topological polar surface area (TPSA) is 77.6 Å². The first-order valence-electron chi connectivity index (χ1n) is 7.19. The fourth-order valence-electron chi connectivity index (χ4n) is 2.14. The maximum atomic E-state index is 13.1. The molecule has 25 heavy (non-hydrogen) atoms. The fraction of sp³-hybridized carbons (Fsp3) is 0.200. The number of amides is 1. The van der Waals surface area contributed by atoms with Crippen molar-refractivity contribution in [3.8, 4) is 0 Å². The molecule has 2 heterocycles. The Morgan fingerprint density at radius 1 is 1.40 bits per heavy atom. The normalized spacial score (nSPS) is 10.9. The van der Waals surface area contributed by atoms with Gasteiger partial charge in [-0.05, 0) is 40.5 Å². The Hall–Kier alpha value is -2.26. The van der Waals surface area contributed by atoms with E-state index in [-0.39, 0.29) is 11.6 Å². The predicted octanol–water partition coefficient (Wildman–Crippen LogP) is 3.18. The van der Waals surface area contributed by atoms with E-state index in [0.717, 1.165) is 5.69 Å². The minimum absolute atomic E-state index is 0.137. The van der Waals surface area contributed by atoms with Gasteiger partial charge in [0.05, 0.1) is 16.7 Å². The van der Waals surface area contributed by atoms with Crippen molar-refractivity contribution in [2.24, 2.45) is 7.05 Å². The summed E-state index contributed by atoms with van der Waals surface area (Å²) in [5.41, 5.74) is 1.77.